The topological polar surface area (TPSA) is 0 Å². The minimum atomic E-state index is -0.828. The van der Waals surface area contributed by atoms with Crippen molar-refractivity contribution in [3.8, 4) is 0 Å². The standard InChI is InChI=1S/C26H24F4/c1-16-5-14-22(26(30)24(16)28)20-12-10-19(11-13-20)18-8-6-17(7-9-18)15-21-3-2-4-23(27)25(21)29/h2-9,14,19-20H,10-13,15H2,1H3. The first-order valence-corrected chi connectivity index (χ1v) is 10.4. The molecule has 0 nitrogen and oxygen atoms in total. The molecule has 0 heterocycles. The van der Waals surface area contributed by atoms with Gasteiger partial charge in [-0.2, -0.15) is 0 Å². The molecule has 0 aromatic heterocycles. The minimum Gasteiger partial charge on any atom is -0.204 e. The monoisotopic (exact) mass is 412 g/mol. The molecular weight excluding hydrogens is 388 g/mol. The van der Waals surface area contributed by atoms with Crippen LogP contribution in [0, 0.1) is 30.2 Å². The van der Waals surface area contributed by atoms with Crippen LogP contribution in [0.4, 0.5) is 17.6 Å². The lowest BCUT2D eigenvalue weighted by atomic mass is 9.76. The van der Waals surface area contributed by atoms with Gasteiger partial charge in [-0.1, -0.05) is 48.5 Å². The van der Waals surface area contributed by atoms with Crippen LogP contribution in [0.5, 0.6) is 0 Å². The number of hydrogen-bond donors (Lipinski definition) is 0. The molecule has 1 fully saturated rings. The summed E-state index contributed by atoms with van der Waals surface area (Å²) in [6.07, 6.45) is 3.81. The SMILES string of the molecule is Cc1ccc(C2CCC(c3ccc(Cc4cccc(F)c4F)cc3)CC2)c(F)c1F. The lowest BCUT2D eigenvalue weighted by molar-refractivity contribution is 0.381. The van der Waals surface area contributed by atoms with E-state index in [0.29, 0.717) is 29.0 Å². The maximum absolute atomic E-state index is 14.3. The Kier molecular flexibility index (Phi) is 5.94. The molecule has 0 saturated heterocycles. The second-order valence-electron chi connectivity index (χ2n) is 8.28. The fourth-order valence-electron chi connectivity index (χ4n) is 4.53. The normalized spacial score (nSPS) is 19.1. The van der Waals surface area contributed by atoms with E-state index in [1.807, 2.05) is 24.3 Å². The van der Waals surface area contributed by atoms with Crippen molar-refractivity contribution in [3.63, 3.8) is 0 Å². The van der Waals surface area contributed by atoms with E-state index in [2.05, 4.69) is 0 Å². The third-order valence-electron chi connectivity index (χ3n) is 6.35. The molecule has 0 radical (unpaired) electrons. The van der Waals surface area contributed by atoms with Crippen LogP contribution < -0.4 is 0 Å². The zero-order valence-electron chi connectivity index (χ0n) is 16.9. The van der Waals surface area contributed by atoms with Crippen LogP contribution in [-0.2, 0) is 6.42 Å². The van der Waals surface area contributed by atoms with Crippen molar-refractivity contribution in [2.45, 2.75) is 50.9 Å². The van der Waals surface area contributed by atoms with Crippen molar-refractivity contribution in [1.29, 1.82) is 0 Å². The number of benzene rings is 3. The maximum Gasteiger partial charge on any atom is 0.162 e. The van der Waals surface area contributed by atoms with Crippen molar-refractivity contribution in [2.75, 3.05) is 0 Å². The van der Waals surface area contributed by atoms with Crippen LogP contribution >= 0.6 is 0 Å². The van der Waals surface area contributed by atoms with Gasteiger partial charge in [-0.25, -0.2) is 17.6 Å². The van der Waals surface area contributed by atoms with Crippen LogP contribution in [0.3, 0.4) is 0 Å². The van der Waals surface area contributed by atoms with Crippen molar-refractivity contribution in [2.24, 2.45) is 0 Å². The van der Waals surface area contributed by atoms with Gasteiger partial charge in [0.25, 0.3) is 0 Å². The highest BCUT2D eigenvalue weighted by atomic mass is 19.2. The Hall–Kier alpha value is -2.62. The van der Waals surface area contributed by atoms with E-state index in [1.165, 1.54) is 11.6 Å². The minimum absolute atomic E-state index is 0.0478. The van der Waals surface area contributed by atoms with Gasteiger partial charge in [0.05, 0.1) is 0 Å². The molecule has 1 aliphatic rings. The molecule has 0 aliphatic heterocycles. The highest BCUT2D eigenvalue weighted by Crippen LogP contribution is 2.41. The van der Waals surface area contributed by atoms with Crippen molar-refractivity contribution in [1.82, 2.24) is 0 Å². The molecular formula is C26H24F4. The van der Waals surface area contributed by atoms with Gasteiger partial charge in [-0.15, -0.1) is 0 Å². The summed E-state index contributed by atoms with van der Waals surface area (Å²) in [7, 11) is 0. The summed E-state index contributed by atoms with van der Waals surface area (Å²) in [6, 6.07) is 15.6. The van der Waals surface area contributed by atoms with E-state index < -0.39 is 23.3 Å². The molecule has 3 aromatic rings. The first-order valence-electron chi connectivity index (χ1n) is 10.4. The predicted octanol–water partition coefficient (Wildman–Crippen LogP) is 7.58. The molecule has 4 rings (SSSR count). The summed E-state index contributed by atoms with van der Waals surface area (Å²) >= 11 is 0. The zero-order chi connectivity index (χ0) is 21.3. The third-order valence-corrected chi connectivity index (χ3v) is 6.35. The molecule has 0 unspecified atom stereocenters. The molecule has 0 atom stereocenters. The number of halogens is 4. The highest BCUT2D eigenvalue weighted by Gasteiger charge is 2.26. The lowest BCUT2D eigenvalue weighted by Gasteiger charge is -2.29. The second-order valence-corrected chi connectivity index (χ2v) is 8.28. The van der Waals surface area contributed by atoms with Gasteiger partial charge in [0.15, 0.2) is 23.3 Å². The van der Waals surface area contributed by atoms with Crippen LogP contribution in [0.15, 0.2) is 54.6 Å². The Bertz CT molecular complexity index is 1030. The van der Waals surface area contributed by atoms with Crippen LogP contribution in [-0.4, -0.2) is 0 Å². The fraction of sp³-hybridized carbons (Fsp3) is 0.308. The fourth-order valence-corrected chi connectivity index (χ4v) is 4.53. The molecule has 1 saturated carbocycles. The molecule has 1 aliphatic carbocycles. The third kappa shape index (κ3) is 4.14. The number of hydrogen-bond acceptors (Lipinski definition) is 0. The first-order chi connectivity index (χ1) is 14.4. The van der Waals surface area contributed by atoms with Crippen molar-refractivity contribution in [3.05, 3.63) is 106 Å². The van der Waals surface area contributed by atoms with Gasteiger partial charge in [-0.3, -0.25) is 0 Å². The Morgan fingerprint density at radius 1 is 0.700 bits per heavy atom. The first kappa shape index (κ1) is 20.6. The molecule has 156 valence electrons. The van der Waals surface area contributed by atoms with Gasteiger partial charge >= 0.3 is 0 Å². The van der Waals surface area contributed by atoms with Gasteiger partial charge in [-0.05, 0) is 78.3 Å². The van der Waals surface area contributed by atoms with Crippen molar-refractivity contribution >= 4 is 0 Å². The number of aryl methyl sites for hydroxylation is 1. The molecule has 3 aromatic carbocycles. The second kappa shape index (κ2) is 8.63. The molecule has 0 bridgehead atoms. The van der Waals surface area contributed by atoms with Gasteiger partial charge in [0.2, 0.25) is 0 Å². The van der Waals surface area contributed by atoms with Crippen LogP contribution in [0.1, 0.15) is 65.3 Å². The summed E-state index contributed by atoms with van der Waals surface area (Å²) in [5, 5.41) is 0. The Labute approximate surface area is 174 Å². The average molecular weight is 412 g/mol. The molecule has 0 spiro atoms. The molecule has 0 N–H and O–H groups in total. The van der Waals surface area contributed by atoms with Gasteiger partial charge in [0.1, 0.15) is 0 Å². The maximum atomic E-state index is 14.3. The highest BCUT2D eigenvalue weighted by molar-refractivity contribution is 5.32. The summed E-state index contributed by atoms with van der Waals surface area (Å²) in [4.78, 5) is 0. The molecule has 0 amide bonds. The molecule has 4 heteroatoms. The predicted molar refractivity (Wildman–Crippen MR) is 111 cm³/mol. The van der Waals surface area contributed by atoms with Crippen LogP contribution in [0.2, 0.25) is 0 Å². The largest absolute Gasteiger partial charge is 0.204 e. The van der Waals surface area contributed by atoms with E-state index in [0.717, 1.165) is 37.3 Å². The number of rotatable bonds is 4. The Balaban J connectivity index is 1.41. The zero-order valence-corrected chi connectivity index (χ0v) is 16.9. The summed E-state index contributed by atoms with van der Waals surface area (Å²) in [5.74, 6) is -2.64. The molecule has 30 heavy (non-hydrogen) atoms. The van der Waals surface area contributed by atoms with Gasteiger partial charge < -0.3 is 0 Å². The van der Waals surface area contributed by atoms with E-state index >= 15 is 0 Å². The van der Waals surface area contributed by atoms with E-state index in [9.17, 15) is 17.6 Å². The Morgan fingerprint density at radius 2 is 1.37 bits per heavy atom. The summed E-state index contributed by atoms with van der Waals surface area (Å²) in [5.41, 5.74) is 3.30. The van der Waals surface area contributed by atoms with Gasteiger partial charge in [0, 0.05) is 6.42 Å². The lowest BCUT2D eigenvalue weighted by Crippen LogP contribution is -2.14. The van der Waals surface area contributed by atoms with E-state index in [1.54, 1.807) is 25.1 Å². The van der Waals surface area contributed by atoms with E-state index in [4.69, 9.17) is 0 Å². The summed E-state index contributed by atoms with van der Waals surface area (Å²) < 4.78 is 55.5. The van der Waals surface area contributed by atoms with Crippen LogP contribution in [0.25, 0.3) is 0 Å². The smallest absolute Gasteiger partial charge is 0.162 e. The quantitative estimate of drug-likeness (QED) is 0.387. The van der Waals surface area contributed by atoms with E-state index in [-0.39, 0.29) is 5.92 Å². The van der Waals surface area contributed by atoms with Crippen molar-refractivity contribution < 1.29 is 17.6 Å². The summed E-state index contributed by atoms with van der Waals surface area (Å²) in [6.45, 7) is 1.57. The Morgan fingerprint density at radius 3 is 2.07 bits per heavy atom. The average Bonchev–Trinajstić information content (AvgIpc) is 2.76.